The molecule has 0 unspecified atom stereocenters. The van der Waals surface area contributed by atoms with E-state index in [-0.39, 0.29) is 29.6 Å². The van der Waals surface area contributed by atoms with Gasteiger partial charge < -0.3 is 27.0 Å². The molecule has 0 spiro atoms. The van der Waals surface area contributed by atoms with E-state index in [2.05, 4.69) is 109 Å². The Bertz CT molecular complexity index is 850. The molecule has 1 aliphatic rings. The molecule has 4 heteroatoms. The Morgan fingerprint density at radius 3 is 1.70 bits per heavy atom. The molecular weight excluding hydrogens is 453 g/mol. The molecular formula is C26H29BrNOP. The van der Waals surface area contributed by atoms with Crippen molar-refractivity contribution in [3.05, 3.63) is 103 Å². The number of likely N-dealkylation sites (tertiary alicyclic amines) is 1. The molecule has 4 rings (SSSR count). The van der Waals surface area contributed by atoms with E-state index in [0.29, 0.717) is 0 Å². The van der Waals surface area contributed by atoms with E-state index in [0.717, 1.165) is 19.4 Å². The van der Waals surface area contributed by atoms with Crippen LogP contribution in [0.25, 0.3) is 0 Å². The minimum absolute atomic E-state index is 0. The average molecular weight is 482 g/mol. The van der Waals surface area contributed by atoms with Gasteiger partial charge in [0.25, 0.3) is 0 Å². The molecule has 30 heavy (non-hydrogen) atoms. The maximum absolute atomic E-state index is 9.87. The van der Waals surface area contributed by atoms with Crippen molar-refractivity contribution in [3.8, 4) is 0 Å². The smallest absolute Gasteiger partial charge is 0.138 e. The van der Waals surface area contributed by atoms with Gasteiger partial charge in [0.15, 0.2) is 0 Å². The van der Waals surface area contributed by atoms with Crippen molar-refractivity contribution in [3.63, 3.8) is 0 Å². The first kappa shape index (κ1) is 22.7. The Kier molecular flexibility index (Phi) is 7.88. The van der Waals surface area contributed by atoms with Gasteiger partial charge >= 0.3 is 0 Å². The molecule has 1 atom stereocenters. The van der Waals surface area contributed by atoms with Gasteiger partial charge in [0.1, 0.15) is 23.2 Å². The minimum Gasteiger partial charge on any atom is -1.00 e. The second-order valence-electron chi connectivity index (χ2n) is 7.67. The van der Waals surface area contributed by atoms with Gasteiger partial charge in [-0.2, -0.15) is 0 Å². The van der Waals surface area contributed by atoms with Gasteiger partial charge in [-0.25, -0.2) is 0 Å². The molecule has 2 nitrogen and oxygen atoms in total. The Hall–Kier alpha value is -1.93. The molecule has 1 saturated heterocycles. The summed E-state index contributed by atoms with van der Waals surface area (Å²) in [6, 6.07) is 33.0. The fraction of sp³-hybridized carbons (Fsp3) is 0.231. The lowest BCUT2D eigenvalue weighted by atomic mass is 10.2. The summed E-state index contributed by atoms with van der Waals surface area (Å²) in [6.45, 7) is 3.46. The Morgan fingerprint density at radius 2 is 1.30 bits per heavy atom. The maximum atomic E-state index is 9.87. The molecule has 1 N–H and O–H groups in total. The molecule has 1 fully saturated rings. The molecule has 3 aromatic carbocycles. The molecule has 0 bridgehead atoms. The minimum atomic E-state index is -1.98. The molecule has 1 heterocycles. The lowest BCUT2D eigenvalue weighted by Crippen LogP contribution is -3.00. The zero-order valence-electron chi connectivity index (χ0n) is 17.4. The van der Waals surface area contributed by atoms with Gasteiger partial charge in [0.2, 0.25) is 0 Å². The number of halogens is 1. The Labute approximate surface area is 191 Å². The summed E-state index contributed by atoms with van der Waals surface area (Å²) in [6.07, 6.45) is 2.21. The summed E-state index contributed by atoms with van der Waals surface area (Å²) in [5.41, 5.74) is 1.27. The lowest BCUT2D eigenvalue weighted by Gasteiger charge is -2.29. The fourth-order valence-corrected chi connectivity index (χ4v) is 8.48. The quantitative estimate of drug-likeness (QED) is 0.536. The van der Waals surface area contributed by atoms with E-state index >= 15 is 0 Å². The molecule has 3 aromatic rings. The van der Waals surface area contributed by atoms with Crippen molar-refractivity contribution in [2.75, 3.05) is 13.2 Å². The van der Waals surface area contributed by atoms with Gasteiger partial charge in [-0.05, 0) is 56.2 Å². The monoisotopic (exact) mass is 481 g/mol. The summed E-state index contributed by atoms with van der Waals surface area (Å²) in [5.74, 6) is 2.51. The molecule has 0 saturated carbocycles. The van der Waals surface area contributed by atoms with Gasteiger partial charge in [-0.1, -0.05) is 54.6 Å². The number of nitrogens with zero attached hydrogens (tertiary/aromatic N) is 1. The van der Waals surface area contributed by atoms with Crippen LogP contribution in [0.15, 0.2) is 103 Å². The number of aliphatic hydroxyl groups is 1. The number of hydrogen-bond donors (Lipinski definition) is 1. The van der Waals surface area contributed by atoms with E-state index in [9.17, 15) is 5.11 Å². The third kappa shape index (κ3) is 4.39. The number of rotatable bonds is 6. The second-order valence-corrected chi connectivity index (χ2v) is 10.9. The van der Waals surface area contributed by atoms with Crippen LogP contribution in [-0.4, -0.2) is 29.2 Å². The van der Waals surface area contributed by atoms with Crippen LogP contribution in [0.2, 0.25) is 0 Å². The van der Waals surface area contributed by atoms with E-state index in [4.69, 9.17) is 0 Å². The highest BCUT2D eigenvalue weighted by molar-refractivity contribution is 7.98. The van der Waals surface area contributed by atoms with Crippen molar-refractivity contribution in [1.29, 1.82) is 0 Å². The third-order valence-corrected chi connectivity index (χ3v) is 10.0. The predicted molar refractivity (Wildman–Crippen MR) is 126 cm³/mol. The van der Waals surface area contributed by atoms with Crippen molar-refractivity contribution >= 4 is 23.2 Å². The van der Waals surface area contributed by atoms with E-state index < -0.39 is 7.26 Å². The molecule has 156 valence electrons. The molecule has 0 aromatic heterocycles. The fourth-order valence-electron chi connectivity index (χ4n) is 4.50. The van der Waals surface area contributed by atoms with E-state index in [1.54, 1.807) is 0 Å². The van der Waals surface area contributed by atoms with Gasteiger partial charge in [-0.15, -0.1) is 0 Å². The highest BCUT2D eigenvalue weighted by atomic mass is 79.9. The van der Waals surface area contributed by atoms with Crippen LogP contribution in [0.5, 0.6) is 0 Å². The molecule has 1 aliphatic heterocycles. The molecule has 0 amide bonds. The topological polar surface area (TPSA) is 23.5 Å². The average Bonchev–Trinajstić information content (AvgIpc) is 3.28. The van der Waals surface area contributed by atoms with Crippen LogP contribution < -0.4 is 32.9 Å². The summed E-state index contributed by atoms with van der Waals surface area (Å²) in [4.78, 5) is 2.41. The number of hydrogen-bond acceptors (Lipinski definition) is 2. The van der Waals surface area contributed by atoms with Crippen LogP contribution >= 0.6 is 7.26 Å². The zero-order valence-corrected chi connectivity index (χ0v) is 19.8. The number of aliphatic hydroxyl groups excluding tert-OH is 1. The standard InChI is InChI=1S/C26H29NOP.BrH/c1-22(27-19-11-12-23(27)20-28)21-29(24-13-5-2-6-14-24,25-15-7-3-8-16-25)26-17-9-4-10-18-26;/h2-10,13-18,21,23,28H,11-12,19-20H2,1H3;1H/q+1;/p-1/b22-21+;/t23-;/m0./s1. The van der Waals surface area contributed by atoms with Gasteiger partial charge in [0.05, 0.1) is 18.5 Å². The van der Waals surface area contributed by atoms with E-state index in [1.165, 1.54) is 21.6 Å². The Morgan fingerprint density at radius 1 is 0.867 bits per heavy atom. The number of allylic oxidation sites excluding steroid dienone is 1. The highest BCUT2D eigenvalue weighted by Gasteiger charge is 2.44. The lowest BCUT2D eigenvalue weighted by molar-refractivity contribution is -0.00000670. The first-order valence-electron chi connectivity index (χ1n) is 10.4. The van der Waals surface area contributed by atoms with Crippen LogP contribution in [-0.2, 0) is 0 Å². The van der Waals surface area contributed by atoms with Crippen LogP contribution in [0.1, 0.15) is 19.8 Å². The van der Waals surface area contributed by atoms with Crippen LogP contribution in [0.3, 0.4) is 0 Å². The molecule has 0 radical (unpaired) electrons. The predicted octanol–water partition coefficient (Wildman–Crippen LogP) is 1.30. The SMILES string of the molecule is C/C(=C\[P+](c1ccccc1)(c1ccccc1)c1ccccc1)N1CCC[C@H]1CO.[Br-]. The summed E-state index contributed by atoms with van der Waals surface area (Å²) in [5, 5.41) is 13.9. The summed E-state index contributed by atoms with van der Waals surface area (Å²) >= 11 is 0. The Balaban J connectivity index is 0.00000256. The van der Waals surface area contributed by atoms with Gasteiger partial charge in [-0.3, -0.25) is 0 Å². The van der Waals surface area contributed by atoms with Crippen molar-refractivity contribution in [2.45, 2.75) is 25.8 Å². The zero-order chi connectivity index (χ0) is 20.1. The highest BCUT2D eigenvalue weighted by Crippen LogP contribution is 2.58. The van der Waals surface area contributed by atoms with Crippen LogP contribution in [0, 0.1) is 0 Å². The van der Waals surface area contributed by atoms with E-state index in [1.807, 2.05) is 0 Å². The van der Waals surface area contributed by atoms with Gasteiger partial charge in [0, 0.05) is 12.2 Å². The van der Waals surface area contributed by atoms with Crippen molar-refractivity contribution in [2.24, 2.45) is 0 Å². The summed E-state index contributed by atoms with van der Waals surface area (Å²) in [7, 11) is -1.98. The third-order valence-electron chi connectivity index (χ3n) is 5.91. The van der Waals surface area contributed by atoms with Crippen molar-refractivity contribution < 1.29 is 22.1 Å². The normalized spacial score (nSPS) is 16.9. The first-order chi connectivity index (χ1) is 14.3. The summed E-state index contributed by atoms with van der Waals surface area (Å²) < 4.78 is 0. The first-order valence-corrected chi connectivity index (χ1v) is 12.2. The largest absolute Gasteiger partial charge is 1.00 e. The number of benzene rings is 3. The van der Waals surface area contributed by atoms with Crippen molar-refractivity contribution in [1.82, 2.24) is 4.90 Å². The van der Waals surface area contributed by atoms with Crippen LogP contribution in [0.4, 0.5) is 0 Å². The molecule has 0 aliphatic carbocycles. The maximum Gasteiger partial charge on any atom is 0.138 e. The second kappa shape index (κ2) is 10.4.